The number of nitrogens with zero attached hydrogens (tertiary/aromatic N) is 1. The lowest BCUT2D eigenvalue weighted by molar-refractivity contribution is 0.0952. The summed E-state index contributed by atoms with van der Waals surface area (Å²) < 4.78 is 5.75. The second-order valence-electron chi connectivity index (χ2n) is 5.89. The molecule has 0 bridgehead atoms. The molecule has 28 heavy (non-hydrogen) atoms. The van der Waals surface area contributed by atoms with Gasteiger partial charge in [-0.25, -0.2) is 5.43 Å². The fourth-order valence-electron chi connectivity index (χ4n) is 2.37. The van der Waals surface area contributed by atoms with Crippen molar-refractivity contribution in [2.75, 3.05) is 0 Å². The van der Waals surface area contributed by atoms with Crippen LogP contribution in [0.15, 0.2) is 71.8 Å². The Kier molecular flexibility index (Phi) is 6.14. The van der Waals surface area contributed by atoms with Crippen LogP contribution < -0.4 is 10.2 Å². The van der Waals surface area contributed by atoms with Crippen LogP contribution in [0.1, 0.15) is 21.5 Å². The maximum Gasteiger partial charge on any atom is 0.275 e. The van der Waals surface area contributed by atoms with Crippen molar-refractivity contribution in [2.45, 2.75) is 6.61 Å². The molecule has 0 radical (unpaired) electrons. The van der Waals surface area contributed by atoms with Gasteiger partial charge in [-0.3, -0.25) is 4.79 Å². The smallest absolute Gasteiger partial charge is 0.275 e. The number of benzene rings is 3. The number of carbonyl (C=O) groups excluding carboxylic acids is 1. The zero-order valence-corrected chi connectivity index (χ0v) is 15.4. The van der Waals surface area contributed by atoms with Gasteiger partial charge in [-0.05, 0) is 47.5 Å². The van der Waals surface area contributed by atoms with E-state index in [1.165, 1.54) is 18.3 Å². The molecule has 6 nitrogen and oxygen atoms in total. The molecule has 0 heterocycles. The molecule has 0 spiro atoms. The van der Waals surface area contributed by atoms with Crippen molar-refractivity contribution in [3.63, 3.8) is 0 Å². The molecule has 0 saturated heterocycles. The Labute approximate surface area is 166 Å². The lowest BCUT2D eigenvalue weighted by Gasteiger charge is -2.07. The topological polar surface area (TPSA) is 91.2 Å². The molecule has 3 aromatic carbocycles. The molecule has 7 heteroatoms. The fourth-order valence-corrected chi connectivity index (χ4v) is 2.50. The van der Waals surface area contributed by atoms with Gasteiger partial charge in [-0.2, -0.15) is 5.10 Å². The van der Waals surface area contributed by atoms with Gasteiger partial charge in [0, 0.05) is 11.1 Å². The highest BCUT2D eigenvalue weighted by Crippen LogP contribution is 2.22. The Bertz CT molecular complexity index is 1000. The van der Waals surface area contributed by atoms with Crippen LogP contribution in [0.2, 0.25) is 5.02 Å². The molecule has 0 unspecified atom stereocenters. The zero-order chi connectivity index (χ0) is 19.9. The maximum atomic E-state index is 12.0. The number of hydrogen-bond donors (Lipinski definition) is 3. The Balaban J connectivity index is 1.59. The van der Waals surface area contributed by atoms with Crippen molar-refractivity contribution >= 4 is 23.7 Å². The molecule has 0 aliphatic carbocycles. The zero-order valence-electron chi connectivity index (χ0n) is 14.7. The molecule has 0 aliphatic rings. The fraction of sp³-hybridized carbons (Fsp3) is 0.0476. The number of carbonyl (C=O) groups is 1. The number of nitrogens with one attached hydrogen (secondary N) is 1. The summed E-state index contributed by atoms with van der Waals surface area (Å²) >= 11 is 5.86. The standard InChI is InChI=1S/C21H17ClN2O4/c22-16-6-4-14(5-7-16)13-28-18-3-1-2-15(10-18)12-23-24-21(27)19-9-8-17(25)11-20(19)26/h1-12,25-26H,13H2,(H,24,27)/b23-12-. The average Bonchev–Trinajstić information content (AvgIpc) is 2.68. The van der Waals surface area contributed by atoms with Gasteiger partial charge in [-0.15, -0.1) is 0 Å². The van der Waals surface area contributed by atoms with Gasteiger partial charge >= 0.3 is 0 Å². The van der Waals surface area contributed by atoms with E-state index in [4.69, 9.17) is 16.3 Å². The third-order valence-corrected chi connectivity index (χ3v) is 4.03. The first-order chi connectivity index (χ1) is 13.5. The van der Waals surface area contributed by atoms with Crippen LogP contribution >= 0.6 is 11.6 Å². The summed E-state index contributed by atoms with van der Waals surface area (Å²) in [4.78, 5) is 12.0. The maximum absolute atomic E-state index is 12.0. The van der Waals surface area contributed by atoms with Crippen LogP contribution in [0.3, 0.4) is 0 Å². The summed E-state index contributed by atoms with van der Waals surface area (Å²) in [5.74, 6) is -0.399. The SMILES string of the molecule is O=C(N/N=C\c1cccc(OCc2ccc(Cl)cc2)c1)c1ccc(O)cc1O. The molecular formula is C21H17ClN2O4. The molecule has 0 aromatic heterocycles. The second kappa shape index (κ2) is 8.92. The van der Waals surface area contributed by atoms with E-state index in [0.29, 0.717) is 17.4 Å². The Hall–Kier alpha value is -3.51. The van der Waals surface area contributed by atoms with E-state index >= 15 is 0 Å². The van der Waals surface area contributed by atoms with E-state index in [2.05, 4.69) is 10.5 Å². The number of hydrogen-bond acceptors (Lipinski definition) is 5. The molecule has 0 atom stereocenters. The van der Waals surface area contributed by atoms with Crippen molar-refractivity contribution in [2.24, 2.45) is 5.10 Å². The van der Waals surface area contributed by atoms with Crippen molar-refractivity contribution in [3.8, 4) is 17.2 Å². The minimum atomic E-state index is -0.594. The quantitative estimate of drug-likeness (QED) is 0.432. The van der Waals surface area contributed by atoms with Crippen molar-refractivity contribution in [1.29, 1.82) is 0 Å². The molecule has 142 valence electrons. The summed E-state index contributed by atoms with van der Waals surface area (Å²) in [5, 5.41) is 23.5. The lowest BCUT2D eigenvalue weighted by atomic mass is 10.2. The van der Waals surface area contributed by atoms with E-state index in [1.54, 1.807) is 18.2 Å². The van der Waals surface area contributed by atoms with E-state index in [9.17, 15) is 15.0 Å². The molecular weight excluding hydrogens is 380 g/mol. The van der Waals surface area contributed by atoms with Crippen molar-refractivity contribution in [3.05, 3.63) is 88.4 Å². The normalized spacial score (nSPS) is 10.8. The molecule has 1 amide bonds. The van der Waals surface area contributed by atoms with E-state index < -0.39 is 5.91 Å². The number of amides is 1. The number of halogens is 1. The Morgan fingerprint density at radius 2 is 1.86 bits per heavy atom. The van der Waals surface area contributed by atoms with Gasteiger partial charge < -0.3 is 14.9 Å². The van der Waals surface area contributed by atoms with Gasteiger partial charge in [0.1, 0.15) is 23.9 Å². The summed E-state index contributed by atoms with van der Waals surface area (Å²) in [6.45, 7) is 0.397. The van der Waals surface area contributed by atoms with Gasteiger partial charge in [0.05, 0.1) is 11.8 Å². The third kappa shape index (κ3) is 5.25. The Morgan fingerprint density at radius 1 is 1.07 bits per heavy atom. The first-order valence-corrected chi connectivity index (χ1v) is 8.72. The van der Waals surface area contributed by atoms with E-state index in [-0.39, 0.29) is 17.1 Å². The molecule has 3 aromatic rings. The van der Waals surface area contributed by atoms with Gasteiger partial charge in [-0.1, -0.05) is 35.9 Å². The highest BCUT2D eigenvalue weighted by molar-refractivity contribution is 6.30. The lowest BCUT2D eigenvalue weighted by Crippen LogP contribution is -2.17. The molecule has 0 saturated carbocycles. The number of aromatic hydroxyl groups is 2. The highest BCUT2D eigenvalue weighted by Gasteiger charge is 2.10. The van der Waals surface area contributed by atoms with E-state index in [1.807, 2.05) is 30.3 Å². The minimum absolute atomic E-state index is 0.00926. The number of phenols is 2. The van der Waals surface area contributed by atoms with Gasteiger partial charge in [0.25, 0.3) is 5.91 Å². The number of phenolic OH excluding ortho intramolecular Hbond substituents is 2. The summed E-state index contributed by atoms with van der Waals surface area (Å²) in [5.41, 5.74) is 4.05. The molecule has 0 aliphatic heterocycles. The minimum Gasteiger partial charge on any atom is -0.508 e. The monoisotopic (exact) mass is 396 g/mol. The van der Waals surface area contributed by atoms with E-state index in [0.717, 1.165) is 17.2 Å². The van der Waals surface area contributed by atoms with Crippen molar-refractivity contribution in [1.82, 2.24) is 5.43 Å². The molecule has 3 rings (SSSR count). The predicted molar refractivity (Wildman–Crippen MR) is 107 cm³/mol. The summed E-state index contributed by atoms with van der Waals surface area (Å²) in [6, 6.07) is 18.3. The largest absolute Gasteiger partial charge is 0.508 e. The van der Waals surface area contributed by atoms with Crippen LogP contribution in [0.5, 0.6) is 17.2 Å². The van der Waals surface area contributed by atoms with Gasteiger partial charge in [0.15, 0.2) is 0 Å². The molecule has 0 fully saturated rings. The summed E-state index contributed by atoms with van der Waals surface area (Å²) in [6.07, 6.45) is 1.46. The first kappa shape index (κ1) is 19.3. The van der Waals surface area contributed by atoms with Crippen molar-refractivity contribution < 1.29 is 19.7 Å². The average molecular weight is 397 g/mol. The van der Waals surface area contributed by atoms with Crippen LogP contribution in [-0.4, -0.2) is 22.3 Å². The molecule has 3 N–H and O–H groups in total. The summed E-state index contributed by atoms with van der Waals surface area (Å²) in [7, 11) is 0. The predicted octanol–water partition coefficient (Wildman–Crippen LogP) is 4.09. The van der Waals surface area contributed by atoms with Crippen LogP contribution in [-0.2, 0) is 6.61 Å². The second-order valence-corrected chi connectivity index (χ2v) is 6.32. The highest BCUT2D eigenvalue weighted by atomic mass is 35.5. The number of ether oxygens (including phenoxy) is 1. The number of rotatable bonds is 6. The first-order valence-electron chi connectivity index (χ1n) is 8.34. The third-order valence-electron chi connectivity index (χ3n) is 3.78. The van der Waals surface area contributed by atoms with Crippen LogP contribution in [0, 0.1) is 0 Å². The Morgan fingerprint density at radius 3 is 2.61 bits per heavy atom. The van der Waals surface area contributed by atoms with Crippen LogP contribution in [0.4, 0.5) is 0 Å². The number of hydrazone groups is 1. The van der Waals surface area contributed by atoms with Crippen LogP contribution in [0.25, 0.3) is 0 Å². The van der Waals surface area contributed by atoms with Gasteiger partial charge in [0.2, 0.25) is 0 Å².